The molecule has 1 N–H and O–H groups in total. The van der Waals surface area contributed by atoms with Gasteiger partial charge in [0.05, 0.1) is 5.69 Å². The molecule has 4 rings (SSSR count). The first-order valence-electron chi connectivity index (χ1n) is 8.29. The van der Waals surface area contributed by atoms with Crippen molar-refractivity contribution in [3.63, 3.8) is 0 Å². The standard InChI is InChI=1S/C17H17N5O2S/c23-14(20-17-19-12-3-1-2-4-13(12)25-17)5-6-15-21-16(22-24-15)11-7-9-18-10-8-11/h7-10H,1-6H2,(H,19,20,23). The Labute approximate surface area is 148 Å². The van der Waals surface area contributed by atoms with Gasteiger partial charge in [-0.25, -0.2) is 4.98 Å². The summed E-state index contributed by atoms with van der Waals surface area (Å²) in [6, 6.07) is 3.62. The molecule has 7 nitrogen and oxygen atoms in total. The van der Waals surface area contributed by atoms with Crippen molar-refractivity contribution in [2.45, 2.75) is 38.5 Å². The summed E-state index contributed by atoms with van der Waals surface area (Å²) in [6.45, 7) is 0. The molecule has 0 atom stereocenters. The summed E-state index contributed by atoms with van der Waals surface area (Å²) in [4.78, 5) is 26.2. The van der Waals surface area contributed by atoms with Crippen LogP contribution in [0.5, 0.6) is 0 Å². The van der Waals surface area contributed by atoms with Gasteiger partial charge in [0.15, 0.2) is 5.13 Å². The Morgan fingerprint density at radius 1 is 1.20 bits per heavy atom. The summed E-state index contributed by atoms with van der Waals surface area (Å²) in [5.41, 5.74) is 1.98. The number of thiazole rings is 1. The van der Waals surface area contributed by atoms with Gasteiger partial charge in [0, 0.05) is 35.7 Å². The predicted octanol–water partition coefficient (Wildman–Crippen LogP) is 3.04. The number of carbonyl (C=O) groups excluding carboxylic acids is 1. The number of hydrogen-bond acceptors (Lipinski definition) is 7. The van der Waals surface area contributed by atoms with Crippen LogP contribution < -0.4 is 5.32 Å². The average molecular weight is 355 g/mol. The fourth-order valence-electron chi connectivity index (χ4n) is 2.78. The molecule has 0 bridgehead atoms. The lowest BCUT2D eigenvalue weighted by molar-refractivity contribution is -0.116. The van der Waals surface area contributed by atoms with Gasteiger partial charge >= 0.3 is 0 Å². The number of anilines is 1. The molecule has 25 heavy (non-hydrogen) atoms. The van der Waals surface area contributed by atoms with Crippen molar-refractivity contribution in [3.8, 4) is 11.4 Å². The van der Waals surface area contributed by atoms with E-state index in [0.717, 1.165) is 24.1 Å². The topological polar surface area (TPSA) is 93.8 Å². The lowest BCUT2D eigenvalue weighted by Crippen LogP contribution is -2.12. The molecule has 1 aliphatic rings. The molecule has 0 aromatic carbocycles. The normalized spacial score (nSPS) is 13.4. The van der Waals surface area contributed by atoms with Crippen molar-refractivity contribution in [3.05, 3.63) is 41.0 Å². The Balaban J connectivity index is 1.33. The second-order valence-electron chi connectivity index (χ2n) is 5.89. The molecule has 0 fully saturated rings. The van der Waals surface area contributed by atoms with Gasteiger partial charge in [-0.15, -0.1) is 11.3 Å². The van der Waals surface area contributed by atoms with Crippen molar-refractivity contribution in [2.75, 3.05) is 5.32 Å². The number of pyridine rings is 1. The van der Waals surface area contributed by atoms with Gasteiger partial charge in [-0.2, -0.15) is 4.98 Å². The lowest BCUT2D eigenvalue weighted by Gasteiger charge is -2.06. The van der Waals surface area contributed by atoms with E-state index in [1.54, 1.807) is 23.7 Å². The fourth-order valence-corrected chi connectivity index (χ4v) is 3.85. The molecule has 0 unspecified atom stereocenters. The maximum Gasteiger partial charge on any atom is 0.227 e. The van der Waals surface area contributed by atoms with E-state index >= 15 is 0 Å². The molecule has 3 aromatic rings. The Hall–Kier alpha value is -2.61. The van der Waals surface area contributed by atoms with Gasteiger partial charge < -0.3 is 9.84 Å². The van der Waals surface area contributed by atoms with E-state index in [-0.39, 0.29) is 12.3 Å². The van der Waals surface area contributed by atoms with E-state index in [0.29, 0.717) is 23.3 Å². The Bertz CT molecular complexity index is 851. The molecular weight excluding hydrogens is 338 g/mol. The molecule has 0 saturated carbocycles. The summed E-state index contributed by atoms with van der Waals surface area (Å²) >= 11 is 1.59. The van der Waals surface area contributed by atoms with Crippen LogP contribution in [-0.2, 0) is 24.1 Å². The predicted molar refractivity (Wildman–Crippen MR) is 93.2 cm³/mol. The van der Waals surface area contributed by atoms with Crippen LogP contribution >= 0.6 is 11.3 Å². The number of amides is 1. The number of carbonyl (C=O) groups is 1. The number of nitrogens with zero attached hydrogens (tertiary/aromatic N) is 4. The van der Waals surface area contributed by atoms with Crippen LogP contribution in [-0.4, -0.2) is 26.0 Å². The van der Waals surface area contributed by atoms with Crippen LogP contribution in [0.1, 0.15) is 35.7 Å². The zero-order valence-electron chi connectivity index (χ0n) is 13.6. The number of aryl methyl sites for hydroxylation is 3. The first-order chi connectivity index (χ1) is 12.3. The SMILES string of the molecule is O=C(CCc1nc(-c2ccncc2)no1)Nc1nc2c(s1)CCCC2. The van der Waals surface area contributed by atoms with Gasteiger partial charge in [-0.05, 0) is 37.8 Å². The van der Waals surface area contributed by atoms with E-state index in [4.69, 9.17) is 4.52 Å². The Kier molecular flexibility index (Phi) is 4.51. The van der Waals surface area contributed by atoms with Crippen LogP contribution in [0.2, 0.25) is 0 Å². The number of hydrogen-bond donors (Lipinski definition) is 1. The summed E-state index contributed by atoms with van der Waals surface area (Å²) in [5, 5.41) is 7.51. The van der Waals surface area contributed by atoms with Gasteiger partial charge in [-0.3, -0.25) is 9.78 Å². The zero-order valence-corrected chi connectivity index (χ0v) is 14.4. The summed E-state index contributed by atoms with van der Waals surface area (Å²) < 4.78 is 5.21. The molecule has 1 amide bonds. The first kappa shape index (κ1) is 15.9. The van der Waals surface area contributed by atoms with Crippen molar-refractivity contribution >= 4 is 22.4 Å². The second-order valence-corrected chi connectivity index (χ2v) is 6.98. The van der Waals surface area contributed by atoms with Crippen molar-refractivity contribution in [1.29, 1.82) is 0 Å². The number of fused-ring (bicyclic) bond motifs is 1. The number of rotatable bonds is 5. The first-order valence-corrected chi connectivity index (χ1v) is 9.11. The van der Waals surface area contributed by atoms with Gasteiger partial charge in [0.2, 0.25) is 17.6 Å². The van der Waals surface area contributed by atoms with Crippen LogP contribution in [0.15, 0.2) is 29.0 Å². The third-order valence-electron chi connectivity index (χ3n) is 4.06. The van der Waals surface area contributed by atoms with E-state index < -0.39 is 0 Å². The minimum absolute atomic E-state index is 0.0882. The summed E-state index contributed by atoms with van der Waals surface area (Å²) in [5.74, 6) is 0.862. The van der Waals surface area contributed by atoms with Crippen molar-refractivity contribution < 1.29 is 9.32 Å². The average Bonchev–Trinajstić information content (AvgIpc) is 3.27. The molecule has 0 radical (unpaired) electrons. The monoisotopic (exact) mass is 355 g/mol. The molecule has 3 heterocycles. The van der Waals surface area contributed by atoms with Crippen LogP contribution in [0.3, 0.4) is 0 Å². The van der Waals surface area contributed by atoms with Crippen molar-refractivity contribution in [2.24, 2.45) is 0 Å². The Morgan fingerprint density at radius 3 is 2.88 bits per heavy atom. The molecule has 128 valence electrons. The van der Waals surface area contributed by atoms with Crippen LogP contribution in [0, 0.1) is 0 Å². The van der Waals surface area contributed by atoms with E-state index in [1.807, 2.05) is 12.1 Å². The highest BCUT2D eigenvalue weighted by molar-refractivity contribution is 7.15. The lowest BCUT2D eigenvalue weighted by atomic mass is 10.0. The quantitative estimate of drug-likeness (QED) is 0.756. The van der Waals surface area contributed by atoms with Gasteiger partial charge in [0.25, 0.3) is 0 Å². The van der Waals surface area contributed by atoms with Gasteiger partial charge in [0.1, 0.15) is 0 Å². The van der Waals surface area contributed by atoms with E-state index in [9.17, 15) is 4.79 Å². The molecular formula is C17H17N5O2S. The highest BCUT2D eigenvalue weighted by Crippen LogP contribution is 2.29. The van der Waals surface area contributed by atoms with Crippen LogP contribution in [0.4, 0.5) is 5.13 Å². The number of aromatic nitrogens is 4. The summed E-state index contributed by atoms with van der Waals surface area (Å²) in [7, 11) is 0. The van der Waals surface area contributed by atoms with Crippen LogP contribution in [0.25, 0.3) is 11.4 Å². The maximum atomic E-state index is 12.1. The minimum atomic E-state index is -0.0882. The van der Waals surface area contributed by atoms with E-state index in [1.165, 1.54) is 17.7 Å². The largest absolute Gasteiger partial charge is 0.339 e. The second kappa shape index (κ2) is 7.10. The molecule has 8 heteroatoms. The molecule has 0 saturated heterocycles. The summed E-state index contributed by atoms with van der Waals surface area (Å²) in [6.07, 6.45) is 8.50. The maximum absolute atomic E-state index is 12.1. The highest BCUT2D eigenvalue weighted by atomic mass is 32.1. The minimum Gasteiger partial charge on any atom is -0.339 e. The highest BCUT2D eigenvalue weighted by Gasteiger charge is 2.17. The number of nitrogens with one attached hydrogen (secondary N) is 1. The molecule has 1 aliphatic carbocycles. The zero-order chi connectivity index (χ0) is 17.1. The van der Waals surface area contributed by atoms with Gasteiger partial charge in [-0.1, -0.05) is 5.16 Å². The molecule has 0 spiro atoms. The Morgan fingerprint density at radius 2 is 2.04 bits per heavy atom. The molecule has 3 aromatic heterocycles. The smallest absolute Gasteiger partial charge is 0.227 e. The fraction of sp³-hybridized carbons (Fsp3) is 0.353. The van der Waals surface area contributed by atoms with E-state index in [2.05, 4.69) is 25.4 Å². The third kappa shape index (κ3) is 3.74. The van der Waals surface area contributed by atoms with Crippen molar-refractivity contribution in [1.82, 2.24) is 20.1 Å². The third-order valence-corrected chi connectivity index (χ3v) is 5.14. The molecule has 0 aliphatic heterocycles.